The number of nitro benzene ring substituents is 1. The maximum Gasteiger partial charge on any atom is 0.297 e. The van der Waals surface area contributed by atoms with Gasteiger partial charge in [0.25, 0.3) is 5.69 Å². The smallest absolute Gasteiger partial charge is 0.297 e. The van der Waals surface area contributed by atoms with Crippen LogP contribution < -0.4 is 19.3 Å². The molecule has 71 heavy (non-hydrogen) atoms. The van der Waals surface area contributed by atoms with E-state index in [0.717, 1.165) is 67.1 Å². The van der Waals surface area contributed by atoms with Crippen LogP contribution >= 0.6 is 0 Å². The second-order valence-electron chi connectivity index (χ2n) is 21.3. The van der Waals surface area contributed by atoms with Crippen LogP contribution in [0.1, 0.15) is 118 Å². The summed E-state index contributed by atoms with van der Waals surface area (Å²) in [5.41, 5.74) is 10.8. The number of likely N-dealkylation sites (N-methyl/N-ethyl adjacent to an activating group) is 1. The molecule has 0 amide bonds. The van der Waals surface area contributed by atoms with Crippen molar-refractivity contribution in [3.8, 4) is 11.5 Å². The topological polar surface area (TPSA) is 176 Å². The Bertz CT molecular complexity index is 2930. The largest absolute Gasteiger partial charge is 0.494 e. The van der Waals surface area contributed by atoms with Crippen molar-refractivity contribution in [1.29, 1.82) is 0 Å². The highest BCUT2D eigenvalue weighted by Crippen LogP contribution is 2.48. The Balaban J connectivity index is 0.000000215. The quantitative estimate of drug-likeness (QED) is 0.0484. The number of azo groups is 3. The van der Waals surface area contributed by atoms with Crippen LogP contribution in [0.2, 0.25) is 0 Å². The van der Waals surface area contributed by atoms with E-state index in [0.29, 0.717) is 52.5 Å². The number of carbonyl (C=O) groups excluding carboxylic acids is 2. The molecule has 0 saturated carbocycles. The van der Waals surface area contributed by atoms with E-state index in [9.17, 15) is 19.7 Å². The van der Waals surface area contributed by atoms with Gasteiger partial charge in [0.2, 0.25) is 0 Å². The van der Waals surface area contributed by atoms with Crippen molar-refractivity contribution in [3.05, 3.63) is 135 Å². The first kappa shape index (κ1) is 51.4. The average molecular weight is 960 g/mol. The molecule has 5 aromatic carbocycles. The second kappa shape index (κ2) is 20.9. The molecule has 0 aliphatic carbocycles. The lowest BCUT2D eigenvalue weighted by atomic mass is 9.84. The van der Waals surface area contributed by atoms with Gasteiger partial charge >= 0.3 is 0 Å². The highest BCUT2D eigenvalue weighted by Gasteiger charge is 2.37. The predicted molar refractivity (Wildman–Crippen MR) is 281 cm³/mol. The van der Waals surface area contributed by atoms with Crippen molar-refractivity contribution in [3.63, 3.8) is 0 Å². The fourth-order valence-electron chi connectivity index (χ4n) is 9.11. The molecule has 0 aromatic heterocycles. The lowest BCUT2D eigenvalue weighted by molar-refractivity contribution is -0.384. The van der Waals surface area contributed by atoms with Gasteiger partial charge in [-0.05, 0) is 120 Å². The molecule has 0 N–H and O–H groups in total. The molecule has 0 unspecified atom stereocenters. The van der Waals surface area contributed by atoms with Gasteiger partial charge in [0.05, 0.1) is 36.2 Å². The number of carbonyl (C=O) groups is 2. The monoisotopic (exact) mass is 960 g/mol. The van der Waals surface area contributed by atoms with Gasteiger partial charge in [0.15, 0.2) is 17.3 Å². The molecule has 0 atom stereocenters. The van der Waals surface area contributed by atoms with Crippen LogP contribution in [0, 0.1) is 20.9 Å². The highest BCUT2D eigenvalue weighted by molar-refractivity contribution is 5.98. The number of benzene rings is 5. The van der Waals surface area contributed by atoms with Crippen LogP contribution in [0.5, 0.6) is 11.5 Å². The normalized spacial score (nSPS) is 15.2. The van der Waals surface area contributed by atoms with Gasteiger partial charge in [-0.1, -0.05) is 62.0 Å². The van der Waals surface area contributed by atoms with Crippen LogP contribution in [0.15, 0.2) is 128 Å². The maximum atomic E-state index is 12.5. The molecule has 5 aromatic rings. The number of aryl methyl sites for hydroxylation is 2. The maximum absolute atomic E-state index is 12.5. The zero-order valence-corrected chi connectivity index (χ0v) is 42.9. The highest BCUT2D eigenvalue weighted by atomic mass is 16.6. The Morgan fingerprint density at radius 2 is 1.15 bits per heavy atom. The number of nitro groups is 1. The molecule has 0 radical (unpaired) electrons. The summed E-state index contributed by atoms with van der Waals surface area (Å²) in [6, 6.07) is 25.1. The molecule has 0 spiro atoms. The van der Waals surface area contributed by atoms with Gasteiger partial charge in [-0.15, -0.1) is 15.3 Å². The average Bonchev–Trinajstić information content (AvgIpc) is 3.49. The SMILES string of the molecule is C=C1N(C)c2ccc(N=Nc3cc(OC)c(N=Nc4ccc(C(=O)CC(C)(C)C)cc4)cc3OC)cc2C1(C)C.CC(C)(C)CC(=O)c1ccc(N=Nc2cc3c4c(c2)CCCN4CCC3)c([N+](=O)[O-])c1. The summed E-state index contributed by atoms with van der Waals surface area (Å²) in [6.45, 7) is 22.8. The first-order valence-electron chi connectivity index (χ1n) is 24.0. The third-order valence-corrected chi connectivity index (χ3v) is 12.8. The van der Waals surface area contributed by atoms with Crippen molar-refractivity contribution in [2.24, 2.45) is 41.5 Å². The number of methoxy groups -OCH3 is 2. The van der Waals surface area contributed by atoms with Crippen LogP contribution in [-0.4, -0.2) is 50.8 Å². The molecule has 8 rings (SSSR count). The molecule has 0 bridgehead atoms. The Morgan fingerprint density at radius 3 is 1.69 bits per heavy atom. The number of rotatable bonds is 13. The number of Topliss-reactive ketones (excluding diaryl/α,β-unsaturated/α-hetero) is 2. The van der Waals surface area contributed by atoms with E-state index >= 15 is 0 Å². The van der Waals surface area contributed by atoms with E-state index in [1.807, 2.05) is 78.9 Å². The van der Waals surface area contributed by atoms with E-state index < -0.39 is 4.92 Å². The first-order chi connectivity index (χ1) is 33.5. The Labute approximate surface area is 417 Å². The number of anilines is 2. The molecule has 3 heterocycles. The molecular formula is C56H65N9O6. The number of ether oxygens (including phenoxy) is 2. The molecule has 3 aliphatic heterocycles. The number of hydrogen-bond donors (Lipinski definition) is 0. The van der Waals surface area contributed by atoms with Gasteiger partial charge in [-0.3, -0.25) is 19.7 Å². The summed E-state index contributed by atoms with van der Waals surface area (Å²) < 4.78 is 11.1. The van der Waals surface area contributed by atoms with E-state index in [4.69, 9.17) is 9.47 Å². The second-order valence-corrected chi connectivity index (χ2v) is 21.3. The third kappa shape index (κ3) is 12.1. The van der Waals surface area contributed by atoms with Crippen molar-refractivity contribution in [2.45, 2.75) is 99.3 Å². The summed E-state index contributed by atoms with van der Waals surface area (Å²) in [6.07, 6.45) is 5.09. The summed E-state index contributed by atoms with van der Waals surface area (Å²) >= 11 is 0. The van der Waals surface area contributed by atoms with Gasteiger partial charge in [-0.2, -0.15) is 15.3 Å². The molecule has 15 nitrogen and oxygen atoms in total. The summed E-state index contributed by atoms with van der Waals surface area (Å²) in [7, 11) is 5.15. The van der Waals surface area contributed by atoms with Crippen molar-refractivity contribution in [1.82, 2.24) is 0 Å². The number of nitrogens with zero attached hydrogens (tertiary/aromatic N) is 9. The zero-order chi connectivity index (χ0) is 51.4. The van der Waals surface area contributed by atoms with E-state index in [-0.39, 0.29) is 39.2 Å². The molecular weight excluding hydrogens is 895 g/mol. The predicted octanol–water partition coefficient (Wildman–Crippen LogP) is 15.7. The number of fused-ring (bicyclic) bond motifs is 1. The van der Waals surface area contributed by atoms with Gasteiger partial charge < -0.3 is 19.3 Å². The summed E-state index contributed by atoms with van der Waals surface area (Å²) in [5, 5.41) is 37.8. The van der Waals surface area contributed by atoms with E-state index in [1.54, 1.807) is 56.7 Å². The van der Waals surface area contributed by atoms with Crippen LogP contribution in [0.25, 0.3) is 0 Å². The fraction of sp³-hybridized carbons (Fsp3) is 0.393. The molecule has 0 saturated heterocycles. The van der Waals surface area contributed by atoms with Crippen molar-refractivity contribution < 1.29 is 24.0 Å². The molecule has 370 valence electrons. The van der Waals surface area contributed by atoms with Gasteiger partial charge in [0, 0.05) is 84.8 Å². The van der Waals surface area contributed by atoms with Crippen LogP contribution in [0.3, 0.4) is 0 Å². The van der Waals surface area contributed by atoms with Crippen molar-refractivity contribution >= 4 is 62.8 Å². The molecule has 3 aliphatic rings. The van der Waals surface area contributed by atoms with Crippen molar-refractivity contribution in [2.75, 3.05) is 44.2 Å². The Kier molecular flexibility index (Phi) is 15.1. The number of hydrogen-bond acceptors (Lipinski definition) is 14. The summed E-state index contributed by atoms with van der Waals surface area (Å²) in [4.78, 5) is 40.6. The first-order valence-corrected chi connectivity index (χ1v) is 24.0. The lowest BCUT2D eigenvalue weighted by Crippen LogP contribution is -2.34. The minimum atomic E-state index is -0.503. The minimum Gasteiger partial charge on any atom is -0.494 e. The Morgan fingerprint density at radius 1 is 0.662 bits per heavy atom. The number of ketones is 2. The third-order valence-electron chi connectivity index (χ3n) is 12.8. The molecule has 15 heteroatoms. The van der Waals surface area contributed by atoms with Crippen LogP contribution in [0.4, 0.5) is 51.2 Å². The fourth-order valence-corrected chi connectivity index (χ4v) is 9.11. The zero-order valence-electron chi connectivity index (χ0n) is 42.9. The standard InChI is InChI=1S/C32H37N5O3.C24H28N4O3/c1-20-32(5,6)24-16-23(14-15-27(24)37(20)7)34-36-26-18-29(39-8)25(17-30(26)40-9)35-33-22-12-10-21(11-13-22)28(38)19-31(2,3)4;1-24(2,3)15-22(29)16-8-9-20(21(14-16)28(30)31)26-25-19-12-17-6-4-10-27-11-5-7-18(13-19)23(17)27/h10-18H,1,19H2,2-9H3;8-9,12-14H,4-7,10-11,15H2,1-3H3. The molecule has 0 fully saturated rings. The van der Waals surface area contributed by atoms with E-state index in [2.05, 4.69) is 60.9 Å². The minimum absolute atomic E-state index is 0.0680. The van der Waals surface area contributed by atoms with Gasteiger partial charge in [0.1, 0.15) is 22.9 Å². The number of allylic oxidation sites excluding steroid dienone is 1. The van der Waals surface area contributed by atoms with E-state index in [1.165, 1.54) is 28.9 Å². The Hall–Kier alpha value is -7.42. The summed E-state index contributed by atoms with van der Waals surface area (Å²) in [5.74, 6) is 0.950. The van der Waals surface area contributed by atoms with Gasteiger partial charge in [-0.25, -0.2) is 0 Å². The van der Waals surface area contributed by atoms with Crippen LogP contribution in [-0.2, 0) is 18.3 Å². The lowest BCUT2D eigenvalue weighted by Gasteiger charge is -2.36.